The third-order valence-corrected chi connectivity index (χ3v) is 2.85. The molecule has 88 valence electrons. The van der Waals surface area contributed by atoms with Crippen molar-refractivity contribution in [2.75, 3.05) is 5.73 Å². The van der Waals surface area contributed by atoms with Crippen molar-refractivity contribution >= 4 is 23.2 Å². The molecule has 0 aliphatic carbocycles. The van der Waals surface area contributed by atoms with Crippen LogP contribution < -0.4 is 5.73 Å². The van der Waals surface area contributed by atoms with Gasteiger partial charge in [-0.3, -0.25) is 9.48 Å². The second-order valence-corrected chi connectivity index (χ2v) is 4.24. The van der Waals surface area contributed by atoms with E-state index < -0.39 is 0 Å². The molecule has 0 atom stereocenters. The zero-order chi connectivity index (χ0) is 12.6. The molecule has 2 aromatic rings. The first-order valence-electron chi connectivity index (χ1n) is 5.10. The summed E-state index contributed by atoms with van der Waals surface area (Å²) in [5.74, 6) is 0.243. The van der Waals surface area contributed by atoms with Gasteiger partial charge in [0.1, 0.15) is 5.82 Å². The Kier molecular flexibility index (Phi) is 2.90. The minimum Gasteiger partial charge on any atom is -0.383 e. The van der Waals surface area contributed by atoms with E-state index in [1.54, 1.807) is 38.2 Å². The van der Waals surface area contributed by atoms with Crippen molar-refractivity contribution in [1.29, 1.82) is 0 Å². The molecule has 0 saturated carbocycles. The number of ketones is 1. The monoisotopic (exact) mass is 249 g/mol. The fourth-order valence-corrected chi connectivity index (χ4v) is 1.83. The molecule has 1 aromatic carbocycles. The van der Waals surface area contributed by atoms with Crippen molar-refractivity contribution in [3.63, 3.8) is 0 Å². The van der Waals surface area contributed by atoms with E-state index in [4.69, 9.17) is 17.3 Å². The Morgan fingerprint density at radius 3 is 2.41 bits per heavy atom. The maximum atomic E-state index is 12.2. The van der Waals surface area contributed by atoms with Gasteiger partial charge in [-0.1, -0.05) is 11.6 Å². The molecule has 0 radical (unpaired) electrons. The van der Waals surface area contributed by atoms with Gasteiger partial charge < -0.3 is 5.73 Å². The average molecular weight is 250 g/mol. The number of benzene rings is 1. The summed E-state index contributed by atoms with van der Waals surface area (Å²) in [6.45, 7) is 1.76. The summed E-state index contributed by atoms with van der Waals surface area (Å²) in [6.07, 6.45) is 0. The lowest BCUT2D eigenvalue weighted by atomic mass is 10.0. The zero-order valence-corrected chi connectivity index (χ0v) is 10.3. The van der Waals surface area contributed by atoms with Gasteiger partial charge in [-0.15, -0.1) is 0 Å². The van der Waals surface area contributed by atoms with Gasteiger partial charge in [0.25, 0.3) is 0 Å². The Labute approximate surface area is 104 Å². The molecule has 17 heavy (non-hydrogen) atoms. The van der Waals surface area contributed by atoms with E-state index in [0.29, 0.717) is 27.7 Å². The number of rotatable bonds is 2. The van der Waals surface area contributed by atoms with Gasteiger partial charge in [-0.25, -0.2) is 0 Å². The molecular formula is C12H12ClN3O. The third-order valence-electron chi connectivity index (χ3n) is 2.60. The van der Waals surface area contributed by atoms with Gasteiger partial charge in [0.2, 0.25) is 0 Å². The first-order valence-corrected chi connectivity index (χ1v) is 5.48. The number of nitrogens with zero attached hydrogens (tertiary/aromatic N) is 2. The van der Waals surface area contributed by atoms with Crippen LogP contribution in [0.3, 0.4) is 0 Å². The van der Waals surface area contributed by atoms with E-state index in [2.05, 4.69) is 5.10 Å². The van der Waals surface area contributed by atoms with Crippen molar-refractivity contribution in [1.82, 2.24) is 9.78 Å². The maximum absolute atomic E-state index is 12.2. The van der Waals surface area contributed by atoms with E-state index in [1.165, 1.54) is 4.68 Å². The molecule has 2 rings (SSSR count). The Bertz CT molecular complexity index is 572. The van der Waals surface area contributed by atoms with Crippen LogP contribution in [0.25, 0.3) is 0 Å². The highest BCUT2D eigenvalue weighted by atomic mass is 35.5. The standard InChI is InChI=1S/C12H12ClN3O/c1-7-10(12(14)16(2)15-7)11(17)8-3-5-9(13)6-4-8/h3-6H,14H2,1-2H3. The van der Waals surface area contributed by atoms with Crippen LogP contribution in [0.5, 0.6) is 0 Å². The second kappa shape index (κ2) is 4.22. The quantitative estimate of drug-likeness (QED) is 0.830. The number of carbonyl (C=O) groups excluding carboxylic acids is 1. The number of hydrogen-bond acceptors (Lipinski definition) is 3. The molecule has 4 nitrogen and oxygen atoms in total. The molecule has 0 fully saturated rings. The number of hydrogen-bond donors (Lipinski definition) is 1. The largest absolute Gasteiger partial charge is 0.383 e. The van der Waals surface area contributed by atoms with Crippen LogP contribution in [0, 0.1) is 6.92 Å². The molecule has 5 heteroatoms. The van der Waals surface area contributed by atoms with Crippen molar-refractivity contribution in [3.8, 4) is 0 Å². The second-order valence-electron chi connectivity index (χ2n) is 3.81. The van der Waals surface area contributed by atoms with E-state index in [-0.39, 0.29) is 5.78 Å². The topological polar surface area (TPSA) is 60.9 Å². The Morgan fingerprint density at radius 2 is 1.94 bits per heavy atom. The van der Waals surface area contributed by atoms with E-state index >= 15 is 0 Å². The first-order chi connectivity index (χ1) is 8.00. The van der Waals surface area contributed by atoms with E-state index in [9.17, 15) is 4.79 Å². The summed E-state index contributed by atoms with van der Waals surface area (Å²) in [5.41, 5.74) is 7.46. The molecule has 2 N–H and O–H groups in total. The van der Waals surface area contributed by atoms with Crippen LogP contribution in [-0.4, -0.2) is 15.6 Å². The summed E-state index contributed by atoms with van der Waals surface area (Å²) < 4.78 is 1.50. The fraction of sp³-hybridized carbons (Fsp3) is 0.167. The molecular weight excluding hydrogens is 238 g/mol. The Hall–Kier alpha value is -1.81. The molecule has 0 amide bonds. The highest BCUT2D eigenvalue weighted by molar-refractivity contribution is 6.30. The van der Waals surface area contributed by atoms with Crippen LogP contribution in [0.15, 0.2) is 24.3 Å². The predicted octanol–water partition coefficient (Wildman–Crippen LogP) is 2.20. The lowest BCUT2D eigenvalue weighted by Crippen LogP contribution is -2.06. The highest BCUT2D eigenvalue weighted by Crippen LogP contribution is 2.20. The smallest absolute Gasteiger partial charge is 0.198 e. The molecule has 0 aliphatic rings. The summed E-state index contributed by atoms with van der Waals surface area (Å²) in [5, 5.41) is 4.71. The van der Waals surface area contributed by atoms with Crippen LogP contribution in [-0.2, 0) is 7.05 Å². The number of aryl methyl sites for hydroxylation is 2. The number of halogens is 1. The molecule has 1 aromatic heterocycles. The number of aromatic nitrogens is 2. The van der Waals surface area contributed by atoms with E-state index in [1.807, 2.05) is 0 Å². The van der Waals surface area contributed by atoms with Crippen LogP contribution in [0.4, 0.5) is 5.82 Å². The van der Waals surface area contributed by atoms with Gasteiger partial charge in [0, 0.05) is 17.6 Å². The number of nitrogens with two attached hydrogens (primary N) is 1. The fourth-order valence-electron chi connectivity index (χ4n) is 1.70. The molecule has 0 saturated heterocycles. The summed E-state index contributed by atoms with van der Waals surface area (Å²) in [6, 6.07) is 6.71. The lowest BCUT2D eigenvalue weighted by Gasteiger charge is -2.01. The lowest BCUT2D eigenvalue weighted by molar-refractivity contribution is 0.103. The van der Waals surface area contributed by atoms with Gasteiger partial charge in [-0.05, 0) is 31.2 Å². The highest BCUT2D eigenvalue weighted by Gasteiger charge is 2.19. The number of nitrogen functional groups attached to an aromatic ring is 1. The van der Waals surface area contributed by atoms with Crippen LogP contribution in [0.2, 0.25) is 5.02 Å². The minimum atomic E-state index is -0.134. The number of anilines is 1. The molecule has 0 spiro atoms. The average Bonchev–Trinajstić information content (AvgIpc) is 2.53. The van der Waals surface area contributed by atoms with Crippen LogP contribution in [0.1, 0.15) is 21.6 Å². The summed E-state index contributed by atoms with van der Waals surface area (Å²) in [7, 11) is 1.71. The van der Waals surface area contributed by atoms with Crippen molar-refractivity contribution in [3.05, 3.63) is 46.1 Å². The third kappa shape index (κ3) is 2.03. The van der Waals surface area contributed by atoms with Gasteiger partial charge in [0.15, 0.2) is 5.78 Å². The summed E-state index contributed by atoms with van der Waals surface area (Å²) in [4.78, 5) is 12.2. The Balaban J connectivity index is 2.47. The predicted molar refractivity (Wildman–Crippen MR) is 67.2 cm³/mol. The SMILES string of the molecule is Cc1nn(C)c(N)c1C(=O)c1ccc(Cl)cc1. The first kappa shape index (κ1) is 11.7. The van der Waals surface area contributed by atoms with Crippen molar-refractivity contribution in [2.24, 2.45) is 7.05 Å². The molecule has 0 bridgehead atoms. The van der Waals surface area contributed by atoms with Crippen LogP contribution >= 0.6 is 11.6 Å². The van der Waals surface area contributed by atoms with Gasteiger partial charge in [0.05, 0.1) is 11.3 Å². The number of carbonyl (C=O) groups is 1. The Morgan fingerprint density at radius 1 is 1.35 bits per heavy atom. The van der Waals surface area contributed by atoms with Crippen molar-refractivity contribution < 1.29 is 4.79 Å². The molecule has 0 unspecified atom stereocenters. The zero-order valence-electron chi connectivity index (χ0n) is 9.57. The van der Waals surface area contributed by atoms with Gasteiger partial charge >= 0.3 is 0 Å². The minimum absolute atomic E-state index is 0.134. The maximum Gasteiger partial charge on any atom is 0.198 e. The van der Waals surface area contributed by atoms with E-state index in [0.717, 1.165) is 0 Å². The van der Waals surface area contributed by atoms with Crippen molar-refractivity contribution in [2.45, 2.75) is 6.92 Å². The van der Waals surface area contributed by atoms with Gasteiger partial charge in [-0.2, -0.15) is 5.10 Å². The molecule has 0 aliphatic heterocycles. The summed E-state index contributed by atoms with van der Waals surface area (Å²) >= 11 is 5.78. The normalized spacial score (nSPS) is 10.5. The molecule has 1 heterocycles.